The molecule has 0 saturated carbocycles. The van der Waals surface area contributed by atoms with E-state index in [1.54, 1.807) is 25.1 Å². The van der Waals surface area contributed by atoms with Crippen LogP contribution in [0.3, 0.4) is 0 Å². The second kappa shape index (κ2) is 10.0. The zero-order chi connectivity index (χ0) is 18.9. The molecule has 2 amide bonds. The highest BCUT2D eigenvalue weighted by atomic mass is 35.5. The SMILES string of the molecule is CC(Oc1ccc(Cl)c(Cl)c1)C(=O)NCCC(=O)NCc1ccccc1. The largest absolute Gasteiger partial charge is 0.481 e. The molecule has 0 bridgehead atoms. The molecule has 26 heavy (non-hydrogen) atoms. The molecule has 0 radical (unpaired) electrons. The molecule has 7 heteroatoms. The minimum absolute atomic E-state index is 0.132. The molecule has 138 valence electrons. The van der Waals surface area contributed by atoms with E-state index in [2.05, 4.69) is 10.6 Å². The molecule has 0 saturated heterocycles. The average molecular weight is 395 g/mol. The molecule has 0 aromatic heterocycles. The van der Waals surface area contributed by atoms with Crippen LogP contribution >= 0.6 is 23.2 Å². The molecule has 2 aromatic rings. The lowest BCUT2D eigenvalue weighted by Crippen LogP contribution is -2.38. The van der Waals surface area contributed by atoms with Crippen molar-refractivity contribution in [2.45, 2.75) is 26.0 Å². The van der Waals surface area contributed by atoms with Gasteiger partial charge in [-0.25, -0.2) is 0 Å². The Morgan fingerprint density at radius 1 is 1.04 bits per heavy atom. The minimum Gasteiger partial charge on any atom is -0.481 e. The van der Waals surface area contributed by atoms with Gasteiger partial charge in [0.05, 0.1) is 10.0 Å². The second-order valence-corrected chi connectivity index (χ2v) is 6.45. The molecule has 1 unspecified atom stereocenters. The topological polar surface area (TPSA) is 67.4 Å². The van der Waals surface area contributed by atoms with E-state index in [9.17, 15) is 9.59 Å². The van der Waals surface area contributed by atoms with Crippen LogP contribution in [0.2, 0.25) is 10.0 Å². The summed E-state index contributed by atoms with van der Waals surface area (Å²) in [5.41, 5.74) is 1.02. The van der Waals surface area contributed by atoms with Gasteiger partial charge in [0.15, 0.2) is 6.10 Å². The van der Waals surface area contributed by atoms with Crippen molar-refractivity contribution in [2.75, 3.05) is 6.54 Å². The zero-order valence-electron chi connectivity index (χ0n) is 14.3. The fraction of sp³-hybridized carbons (Fsp3) is 0.263. The molecule has 2 N–H and O–H groups in total. The van der Waals surface area contributed by atoms with E-state index in [-0.39, 0.29) is 24.8 Å². The lowest BCUT2D eigenvalue weighted by atomic mass is 10.2. The van der Waals surface area contributed by atoms with Gasteiger partial charge in [-0.2, -0.15) is 0 Å². The first kappa shape index (κ1) is 20.1. The molecule has 0 spiro atoms. The van der Waals surface area contributed by atoms with Gasteiger partial charge < -0.3 is 15.4 Å². The van der Waals surface area contributed by atoms with Gasteiger partial charge in [0.1, 0.15) is 5.75 Å². The van der Waals surface area contributed by atoms with Crippen molar-refractivity contribution in [3.8, 4) is 5.75 Å². The summed E-state index contributed by atoms with van der Waals surface area (Å²) < 4.78 is 5.52. The van der Waals surface area contributed by atoms with E-state index < -0.39 is 6.10 Å². The Kier molecular flexibility index (Phi) is 7.75. The molecule has 0 heterocycles. The van der Waals surface area contributed by atoms with Crippen molar-refractivity contribution in [3.63, 3.8) is 0 Å². The summed E-state index contributed by atoms with van der Waals surface area (Å²) in [4.78, 5) is 23.8. The van der Waals surface area contributed by atoms with E-state index in [1.165, 1.54) is 0 Å². The van der Waals surface area contributed by atoms with E-state index in [0.717, 1.165) is 5.56 Å². The molecule has 5 nitrogen and oxygen atoms in total. The maximum atomic E-state index is 12.0. The summed E-state index contributed by atoms with van der Waals surface area (Å²) >= 11 is 11.8. The van der Waals surface area contributed by atoms with Crippen LogP contribution in [0.4, 0.5) is 0 Å². The summed E-state index contributed by atoms with van der Waals surface area (Å²) in [6.45, 7) is 2.31. The molecule has 2 rings (SSSR count). The minimum atomic E-state index is -0.723. The quantitative estimate of drug-likeness (QED) is 0.718. The van der Waals surface area contributed by atoms with Crippen LogP contribution in [-0.2, 0) is 16.1 Å². The Bertz CT molecular complexity index is 754. The summed E-state index contributed by atoms with van der Waals surface area (Å²) in [5.74, 6) is 0.00166. The van der Waals surface area contributed by atoms with Gasteiger partial charge in [0.2, 0.25) is 5.91 Å². The standard InChI is InChI=1S/C19H20Cl2N2O3/c1-13(26-15-7-8-16(20)17(21)11-15)19(25)22-10-9-18(24)23-12-14-5-3-2-4-6-14/h2-8,11,13H,9-10,12H2,1H3,(H,22,25)(H,23,24). The fourth-order valence-corrected chi connectivity index (χ4v) is 2.42. The number of ether oxygens (including phenoxy) is 1. The van der Waals surface area contributed by atoms with Crippen molar-refractivity contribution in [3.05, 3.63) is 64.1 Å². The molecule has 0 aliphatic rings. The predicted octanol–water partition coefficient (Wildman–Crippen LogP) is 3.58. The highest BCUT2D eigenvalue weighted by Crippen LogP contribution is 2.26. The molecule has 1 atom stereocenters. The van der Waals surface area contributed by atoms with Crippen molar-refractivity contribution >= 4 is 35.0 Å². The normalized spacial score (nSPS) is 11.5. The van der Waals surface area contributed by atoms with Gasteiger partial charge in [0.25, 0.3) is 5.91 Å². The van der Waals surface area contributed by atoms with Gasteiger partial charge >= 0.3 is 0 Å². The number of halogens is 2. The maximum absolute atomic E-state index is 12.0. The van der Waals surface area contributed by atoms with Crippen LogP contribution in [-0.4, -0.2) is 24.5 Å². The smallest absolute Gasteiger partial charge is 0.260 e. The van der Waals surface area contributed by atoms with Gasteiger partial charge in [-0.1, -0.05) is 53.5 Å². The number of carbonyl (C=O) groups is 2. The van der Waals surface area contributed by atoms with Crippen molar-refractivity contribution in [1.82, 2.24) is 10.6 Å². The zero-order valence-corrected chi connectivity index (χ0v) is 15.8. The van der Waals surface area contributed by atoms with Crippen LogP contribution in [0, 0.1) is 0 Å². The molecule has 0 aliphatic heterocycles. The van der Waals surface area contributed by atoms with Crippen LogP contribution < -0.4 is 15.4 Å². The van der Waals surface area contributed by atoms with Crippen LogP contribution in [0.25, 0.3) is 0 Å². The summed E-state index contributed by atoms with van der Waals surface area (Å²) in [6, 6.07) is 14.4. The maximum Gasteiger partial charge on any atom is 0.260 e. The van der Waals surface area contributed by atoms with Gasteiger partial charge in [0, 0.05) is 25.6 Å². The Morgan fingerprint density at radius 3 is 2.46 bits per heavy atom. The van der Waals surface area contributed by atoms with Crippen LogP contribution in [0.15, 0.2) is 48.5 Å². The van der Waals surface area contributed by atoms with E-state index >= 15 is 0 Å². The molecular formula is C19H20Cl2N2O3. The number of amides is 2. The van der Waals surface area contributed by atoms with Gasteiger partial charge in [-0.15, -0.1) is 0 Å². The van der Waals surface area contributed by atoms with Crippen LogP contribution in [0.5, 0.6) is 5.75 Å². The number of hydrogen-bond acceptors (Lipinski definition) is 3. The molecule has 0 aliphatic carbocycles. The number of hydrogen-bond donors (Lipinski definition) is 2. The predicted molar refractivity (Wildman–Crippen MR) is 102 cm³/mol. The summed E-state index contributed by atoms with van der Waals surface area (Å²) in [7, 11) is 0. The summed E-state index contributed by atoms with van der Waals surface area (Å²) in [6.07, 6.45) is -0.530. The third-order valence-electron chi connectivity index (χ3n) is 3.56. The van der Waals surface area contributed by atoms with Crippen molar-refractivity contribution in [2.24, 2.45) is 0 Å². The number of benzene rings is 2. The highest BCUT2D eigenvalue weighted by molar-refractivity contribution is 6.42. The first-order chi connectivity index (χ1) is 12.5. The molecular weight excluding hydrogens is 375 g/mol. The number of carbonyl (C=O) groups excluding carboxylic acids is 2. The lowest BCUT2D eigenvalue weighted by molar-refractivity contribution is -0.127. The monoisotopic (exact) mass is 394 g/mol. The van der Waals surface area contributed by atoms with Gasteiger partial charge in [-0.3, -0.25) is 9.59 Å². The lowest BCUT2D eigenvalue weighted by Gasteiger charge is -2.15. The Morgan fingerprint density at radius 2 is 1.77 bits per heavy atom. The number of nitrogens with one attached hydrogen (secondary N) is 2. The van der Waals surface area contributed by atoms with E-state index in [4.69, 9.17) is 27.9 Å². The average Bonchev–Trinajstić information content (AvgIpc) is 2.63. The van der Waals surface area contributed by atoms with Crippen LogP contribution in [0.1, 0.15) is 18.9 Å². The summed E-state index contributed by atoms with van der Waals surface area (Å²) in [5, 5.41) is 6.25. The Hall–Kier alpha value is -2.24. The Labute approximate surface area is 162 Å². The number of rotatable bonds is 8. The Balaban J connectivity index is 1.68. The fourth-order valence-electron chi connectivity index (χ4n) is 2.14. The third-order valence-corrected chi connectivity index (χ3v) is 4.30. The van der Waals surface area contributed by atoms with Gasteiger partial charge in [-0.05, 0) is 24.6 Å². The van der Waals surface area contributed by atoms with Crippen molar-refractivity contribution in [1.29, 1.82) is 0 Å². The first-order valence-electron chi connectivity index (χ1n) is 8.15. The third kappa shape index (κ3) is 6.58. The van der Waals surface area contributed by atoms with Crippen molar-refractivity contribution < 1.29 is 14.3 Å². The molecule has 2 aromatic carbocycles. The first-order valence-corrected chi connectivity index (χ1v) is 8.91. The highest BCUT2D eigenvalue weighted by Gasteiger charge is 2.15. The molecule has 0 fully saturated rings. The van der Waals surface area contributed by atoms with E-state index in [1.807, 2.05) is 30.3 Å². The second-order valence-electron chi connectivity index (χ2n) is 5.64. The van der Waals surface area contributed by atoms with E-state index in [0.29, 0.717) is 22.3 Å².